The van der Waals surface area contributed by atoms with Gasteiger partial charge in [-0.3, -0.25) is 4.79 Å². The molecule has 0 aromatic heterocycles. The Balaban J connectivity index is 2.07. The summed E-state index contributed by atoms with van der Waals surface area (Å²) >= 11 is 0. The first-order valence-electron chi connectivity index (χ1n) is 6.58. The number of ether oxygens (including phenoxy) is 1. The van der Waals surface area contributed by atoms with Crippen LogP contribution in [0.5, 0.6) is 0 Å². The summed E-state index contributed by atoms with van der Waals surface area (Å²) in [5.74, 6) is -0.145. The van der Waals surface area contributed by atoms with Crippen LogP contribution in [0.4, 0.5) is 4.79 Å². The Kier molecular flexibility index (Phi) is 7.83. The minimum absolute atomic E-state index is 0.145. The van der Waals surface area contributed by atoms with Crippen LogP contribution in [0.2, 0.25) is 0 Å². The fourth-order valence-electron chi connectivity index (χ4n) is 1.52. The Bertz CT molecular complexity index is 409. The van der Waals surface area contributed by atoms with Gasteiger partial charge in [-0.25, -0.2) is 4.79 Å². The number of amides is 3. The van der Waals surface area contributed by atoms with Crippen LogP contribution >= 0.6 is 0 Å². The summed E-state index contributed by atoms with van der Waals surface area (Å²) in [5, 5.41) is 8.08. The third-order valence-electron chi connectivity index (χ3n) is 2.54. The van der Waals surface area contributed by atoms with Crippen molar-refractivity contribution in [2.45, 2.75) is 6.42 Å². The molecule has 0 saturated carbocycles. The van der Waals surface area contributed by atoms with E-state index in [2.05, 4.69) is 16.0 Å². The summed E-state index contributed by atoms with van der Waals surface area (Å²) in [4.78, 5) is 23.0. The highest BCUT2D eigenvalue weighted by Gasteiger charge is 2.03. The Labute approximate surface area is 118 Å². The number of hydrogen-bond acceptors (Lipinski definition) is 3. The number of urea groups is 1. The minimum Gasteiger partial charge on any atom is -0.385 e. The highest BCUT2D eigenvalue weighted by Crippen LogP contribution is 1.96. The molecule has 20 heavy (non-hydrogen) atoms. The summed E-state index contributed by atoms with van der Waals surface area (Å²) in [6.07, 6.45) is 0.772. The first-order chi connectivity index (χ1) is 9.74. The van der Waals surface area contributed by atoms with Crippen molar-refractivity contribution in [3.63, 3.8) is 0 Å². The zero-order chi connectivity index (χ0) is 14.6. The molecule has 0 unspecified atom stereocenters. The molecule has 0 atom stereocenters. The molecule has 3 amide bonds. The first-order valence-corrected chi connectivity index (χ1v) is 6.58. The van der Waals surface area contributed by atoms with Gasteiger partial charge in [0.25, 0.3) is 5.91 Å². The summed E-state index contributed by atoms with van der Waals surface area (Å²) < 4.78 is 4.87. The summed E-state index contributed by atoms with van der Waals surface area (Å²) in [5.41, 5.74) is 0.608. The fraction of sp³-hybridized carbons (Fsp3) is 0.429. The van der Waals surface area contributed by atoms with Gasteiger partial charge in [0.05, 0.1) is 0 Å². The normalized spacial score (nSPS) is 9.85. The second-order valence-corrected chi connectivity index (χ2v) is 4.15. The lowest BCUT2D eigenvalue weighted by atomic mass is 10.2. The van der Waals surface area contributed by atoms with Gasteiger partial charge in [-0.05, 0) is 18.6 Å². The lowest BCUT2D eigenvalue weighted by Crippen LogP contribution is -2.40. The lowest BCUT2D eigenvalue weighted by Gasteiger charge is -2.08. The van der Waals surface area contributed by atoms with Crippen molar-refractivity contribution < 1.29 is 14.3 Å². The van der Waals surface area contributed by atoms with E-state index in [1.54, 1.807) is 31.4 Å². The molecule has 0 heterocycles. The second-order valence-electron chi connectivity index (χ2n) is 4.15. The number of carbonyl (C=O) groups is 2. The molecule has 0 spiro atoms. The SMILES string of the molecule is COCCCNC(=O)NCCNC(=O)c1ccccc1. The van der Waals surface area contributed by atoms with E-state index in [4.69, 9.17) is 4.74 Å². The first kappa shape index (κ1) is 16.0. The lowest BCUT2D eigenvalue weighted by molar-refractivity contribution is 0.0954. The van der Waals surface area contributed by atoms with Crippen molar-refractivity contribution in [2.24, 2.45) is 0 Å². The number of nitrogens with one attached hydrogen (secondary N) is 3. The molecule has 0 aliphatic rings. The maximum atomic E-state index is 11.7. The molecule has 0 aliphatic carbocycles. The topological polar surface area (TPSA) is 79.5 Å². The van der Waals surface area contributed by atoms with Crippen LogP contribution in [0.3, 0.4) is 0 Å². The second kappa shape index (κ2) is 9.80. The average molecular weight is 279 g/mol. The van der Waals surface area contributed by atoms with E-state index in [-0.39, 0.29) is 11.9 Å². The molecule has 0 bridgehead atoms. The maximum absolute atomic E-state index is 11.7. The average Bonchev–Trinajstić information content (AvgIpc) is 2.49. The molecule has 6 heteroatoms. The van der Waals surface area contributed by atoms with E-state index in [1.807, 2.05) is 6.07 Å². The van der Waals surface area contributed by atoms with Crippen LogP contribution in [0.15, 0.2) is 30.3 Å². The third-order valence-corrected chi connectivity index (χ3v) is 2.54. The van der Waals surface area contributed by atoms with Gasteiger partial charge < -0.3 is 20.7 Å². The monoisotopic (exact) mass is 279 g/mol. The predicted molar refractivity (Wildman–Crippen MR) is 76.7 cm³/mol. The van der Waals surface area contributed by atoms with Gasteiger partial charge in [0.15, 0.2) is 0 Å². The predicted octanol–water partition coefficient (Wildman–Crippen LogP) is 0.752. The Morgan fingerprint density at radius 2 is 1.65 bits per heavy atom. The van der Waals surface area contributed by atoms with Crippen LogP contribution in [-0.4, -0.2) is 45.3 Å². The molecule has 0 radical (unpaired) electrons. The molecule has 110 valence electrons. The molecule has 1 aromatic rings. The van der Waals surface area contributed by atoms with E-state index in [0.717, 1.165) is 6.42 Å². The molecule has 1 aromatic carbocycles. The van der Waals surface area contributed by atoms with E-state index in [0.29, 0.717) is 31.8 Å². The Morgan fingerprint density at radius 1 is 1.00 bits per heavy atom. The van der Waals surface area contributed by atoms with Gasteiger partial charge in [-0.15, -0.1) is 0 Å². The number of hydrogen-bond donors (Lipinski definition) is 3. The summed E-state index contributed by atoms with van der Waals surface area (Å²) in [6, 6.07) is 8.71. The van der Waals surface area contributed by atoms with E-state index in [1.165, 1.54) is 0 Å². The van der Waals surface area contributed by atoms with Crippen LogP contribution in [0.1, 0.15) is 16.8 Å². The largest absolute Gasteiger partial charge is 0.385 e. The number of methoxy groups -OCH3 is 1. The number of rotatable bonds is 8. The Hall–Kier alpha value is -2.08. The van der Waals surface area contributed by atoms with Gasteiger partial charge in [0, 0.05) is 38.9 Å². The zero-order valence-electron chi connectivity index (χ0n) is 11.6. The number of benzene rings is 1. The van der Waals surface area contributed by atoms with Crippen molar-refractivity contribution >= 4 is 11.9 Å². The van der Waals surface area contributed by atoms with Crippen molar-refractivity contribution in [3.05, 3.63) is 35.9 Å². The summed E-state index contributed by atoms with van der Waals surface area (Å²) in [7, 11) is 1.62. The highest BCUT2D eigenvalue weighted by atomic mass is 16.5. The minimum atomic E-state index is -0.241. The molecule has 0 saturated heterocycles. The molecule has 0 fully saturated rings. The van der Waals surface area contributed by atoms with E-state index < -0.39 is 0 Å². The highest BCUT2D eigenvalue weighted by molar-refractivity contribution is 5.94. The van der Waals surface area contributed by atoms with Gasteiger partial charge >= 0.3 is 6.03 Å². The quantitative estimate of drug-likeness (QED) is 0.614. The van der Waals surface area contributed by atoms with Crippen molar-refractivity contribution in [1.82, 2.24) is 16.0 Å². The Morgan fingerprint density at radius 3 is 2.35 bits per heavy atom. The van der Waals surface area contributed by atoms with Crippen molar-refractivity contribution in [2.75, 3.05) is 33.4 Å². The van der Waals surface area contributed by atoms with Gasteiger partial charge in [-0.1, -0.05) is 18.2 Å². The molecule has 0 aliphatic heterocycles. The summed E-state index contributed by atoms with van der Waals surface area (Å²) in [6.45, 7) is 1.96. The van der Waals surface area contributed by atoms with Gasteiger partial charge in [0.2, 0.25) is 0 Å². The van der Waals surface area contributed by atoms with Gasteiger partial charge in [-0.2, -0.15) is 0 Å². The van der Waals surface area contributed by atoms with E-state index >= 15 is 0 Å². The smallest absolute Gasteiger partial charge is 0.314 e. The van der Waals surface area contributed by atoms with Crippen molar-refractivity contribution in [1.29, 1.82) is 0 Å². The fourth-order valence-corrected chi connectivity index (χ4v) is 1.52. The molecule has 1 rings (SSSR count). The van der Waals surface area contributed by atoms with Crippen LogP contribution in [0, 0.1) is 0 Å². The molecule has 3 N–H and O–H groups in total. The standard InChI is InChI=1S/C14H21N3O3/c1-20-11-5-8-16-14(19)17-10-9-15-13(18)12-6-3-2-4-7-12/h2-4,6-7H,5,8-11H2,1H3,(H,15,18)(H2,16,17,19). The van der Waals surface area contributed by atoms with Crippen LogP contribution in [-0.2, 0) is 4.74 Å². The molecular formula is C14H21N3O3. The van der Waals surface area contributed by atoms with Crippen LogP contribution in [0.25, 0.3) is 0 Å². The van der Waals surface area contributed by atoms with Gasteiger partial charge in [0.1, 0.15) is 0 Å². The van der Waals surface area contributed by atoms with E-state index in [9.17, 15) is 9.59 Å². The number of carbonyl (C=O) groups excluding carboxylic acids is 2. The maximum Gasteiger partial charge on any atom is 0.314 e. The zero-order valence-corrected chi connectivity index (χ0v) is 11.6. The molecular weight excluding hydrogens is 258 g/mol. The van der Waals surface area contributed by atoms with Crippen molar-refractivity contribution in [3.8, 4) is 0 Å². The molecule has 6 nitrogen and oxygen atoms in total. The third kappa shape index (κ3) is 6.75. The van der Waals surface area contributed by atoms with Crippen LogP contribution < -0.4 is 16.0 Å².